The van der Waals surface area contributed by atoms with Gasteiger partial charge in [0.15, 0.2) is 17.4 Å². The zero-order valence-electron chi connectivity index (χ0n) is 15.3. The van der Waals surface area contributed by atoms with Crippen molar-refractivity contribution in [3.05, 3.63) is 57.3 Å². The molecule has 0 amide bonds. The van der Waals surface area contributed by atoms with Crippen LogP contribution in [-0.2, 0) is 0 Å². The van der Waals surface area contributed by atoms with E-state index >= 15 is 0 Å². The van der Waals surface area contributed by atoms with Crippen molar-refractivity contribution in [1.29, 1.82) is 0 Å². The van der Waals surface area contributed by atoms with Gasteiger partial charge in [-0.05, 0) is 26.0 Å². The van der Waals surface area contributed by atoms with Crippen LogP contribution in [0.1, 0.15) is 18.7 Å². The number of fused-ring (bicyclic) bond motifs is 1. The van der Waals surface area contributed by atoms with E-state index in [1.54, 1.807) is 12.1 Å². The zero-order valence-corrected chi connectivity index (χ0v) is 16.1. The Morgan fingerprint density at radius 3 is 2.71 bits per heavy atom. The standard InChI is InChI=1S/C18H18FN5O3S/c1-3-23(4-2)22-18(20)16-10-13-17(28-16)15(7-8-21-13)27-14-6-5-11(24(25)26)9-12(14)19/h5-10H,3-4H2,1-2H3,(H2,20,22). The second-order valence-corrected chi connectivity index (χ2v) is 6.78. The Labute approximate surface area is 164 Å². The minimum atomic E-state index is -0.821. The molecule has 1 aromatic carbocycles. The van der Waals surface area contributed by atoms with Gasteiger partial charge in [-0.3, -0.25) is 20.1 Å². The number of hydrogen-bond donors (Lipinski definition) is 1. The van der Waals surface area contributed by atoms with Crippen LogP contribution in [0.15, 0.2) is 41.6 Å². The molecule has 28 heavy (non-hydrogen) atoms. The molecule has 0 saturated heterocycles. The monoisotopic (exact) mass is 403 g/mol. The molecule has 2 N–H and O–H groups in total. The lowest BCUT2D eigenvalue weighted by Gasteiger charge is -2.14. The van der Waals surface area contributed by atoms with Crippen LogP contribution in [-0.4, -0.2) is 33.8 Å². The van der Waals surface area contributed by atoms with E-state index in [1.807, 2.05) is 18.9 Å². The number of rotatable bonds is 7. The lowest BCUT2D eigenvalue weighted by atomic mass is 10.3. The second kappa shape index (κ2) is 8.17. The number of nitrogens with two attached hydrogens (primary N) is 1. The van der Waals surface area contributed by atoms with Crippen LogP contribution in [0.25, 0.3) is 10.2 Å². The summed E-state index contributed by atoms with van der Waals surface area (Å²) in [4.78, 5) is 15.1. The maximum absolute atomic E-state index is 14.2. The molecule has 0 saturated carbocycles. The predicted octanol–water partition coefficient (Wildman–Crippen LogP) is 4.10. The Morgan fingerprint density at radius 1 is 1.32 bits per heavy atom. The Bertz CT molecular complexity index is 1050. The summed E-state index contributed by atoms with van der Waals surface area (Å²) in [6.07, 6.45) is 1.54. The van der Waals surface area contributed by atoms with Crippen molar-refractivity contribution in [1.82, 2.24) is 9.99 Å². The second-order valence-electron chi connectivity index (χ2n) is 5.73. The predicted molar refractivity (Wildman–Crippen MR) is 106 cm³/mol. The molecule has 0 bridgehead atoms. The molecule has 0 radical (unpaired) electrons. The normalized spacial score (nSPS) is 11.6. The molecule has 2 heterocycles. The lowest BCUT2D eigenvalue weighted by Crippen LogP contribution is -2.22. The van der Waals surface area contributed by atoms with Crippen LogP contribution in [0, 0.1) is 15.9 Å². The number of amidine groups is 1. The van der Waals surface area contributed by atoms with Crippen LogP contribution in [0.4, 0.5) is 10.1 Å². The highest BCUT2D eigenvalue weighted by molar-refractivity contribution is 7.21. The van der Waals surface area contributed by atoms with Gasteiger partial charge in [0.2, 0.25) is 0 Å². The Hall–Kier alpha value is -3.27. The van der Waals surface area contributed by atoms with Crippen LogP contribution >= 0.6 is 11.3 Å². The van der Waals surface area contributed by atoms with Crippen LogP contribution in [0.3, 0.4) is 0 Å². The number of hydrazone groups is 1. The summed E-state index contributed by atoms with van der Waals surface area (Å²) in [5.74, 6) is -0.194. The number of thiophene rings is 1. The van der Waals surface area contributed by atoms with E-state index in [9.17, 15) is 14.5 Å². The molecule has 0 aliphatic carbocycles. The van der Waals surface area contributed by atoms with Crippen LogP contribution in [0.5, 0.6) is 11.5 Å². The van der Waals surface area contributed by atoms with Crippen LogP contribution in [0.2, 0.25) is 0 Å². The molecule has 3 rings (SSSR count). The van der Waals surface area contributed by atoms with Gasteiger partial charge in [0.25, 0.3) is 5.69 Å². The summed E-state index contributed by atoms with van der Waals surface area (Å²) in [5.41, 5.74) is 6.40. The van der Waals surface area contributed by atoms with E-state index in [4.69, 9.17) is 10.5 Å². The molecule has 0 fully saturated rings. The van der Waals surface area contributed by atoms with E-state index < -0.39 is 10.7 Å². The summed E-state index contributed by atoms with van der Waals surface area (Å²) in [6.45, 7) is 5.43. The molecule has 10 heteroatoms. The number of non-ortho nitro benzene ring substituents is 1. The Kier molecular flexibility index (Phi) is 5.69. The molecule has 8 nitrogen and oxygen atoms in total. The molecule has 0 spiro atoms. The first-order valence-corrected chi connectivity index (χ1v) is 9.34. The number of hydrogen-bond acceptors (Lipinski definition) is 7. The summed E-state index contributed by atoms with van der Waals surface area (Å²) < 4.78 is 20.5. The first-order chi connectivity index (χ1) is 13.4. The fraction of sp³-hybridized carbons (Fsp3) is 0.222. The van der Waals surface area contributed by atoms with Crippen molar-refractivity contribution in [2.75, 3.05) is 13.1 Å². The Balaban J connectivity index is 1.95. The van der Waals surface area contributed by atoms with Gasteiger partial charge in [-0.15, -0.1) is 11.3 Å². The number of halogens is 1. The van der Waals surface area contributed by atoms with E-state index in [1.165, 1.54) is 29.7 Å². The SMILES string of the molecule is CCN(CC)N=C(N)c1cc2nccc(Oc3ccc([N+](=O)[O-])cc3F)c2s1. The number of nitro groups is 1. The molecular formula is C18H18FN5O3S. The first kappa shape index (κ1) is 19.5. The highest BCUT2D eigenvalue weighted by atomic mass is 32.1. The van der Waals surface area contributed by atoms with Gasteiger partial charge in [-0.1, -0.05) is 0 Å². The highest BCUT2D eigenvalue weighted by Gasteiger charge is 2.16. The van der Waals surface area contributed by atoms with E-state index in [0.717, 1.165) is 24.0 Å². The lowest BCUT2D eigenvalue weighted by molar-refractivity contribution is -0.385. The van der Waals surface area contributed by atoms with Crippen LogP contribution < -0.4 is 10.5 Å². The third-order valence-corrected chi connectivity index (χ3v) is 5.12. The molecule has 0 unspecified atom stereocenters. The third kappa shape index (κ3) is 4.01. The molecule has 0 aliphatic heterocycles. The number of ether oxygens (including phenoxy) is 1. The summed E-state index contributed by atoms with van der Waals surface area (Å²) in [6, 6.07) is 6.63. The van der Waals surface area contributed by atoms with Gasteiger partial charge in [-0.2, -0.15) is 5.10 Å². The van der Waals surface area contributed by atoms with Gasteiger partial charge in [0.1, 0.15) is 5.75 Å². The van der Waals surface area contributed by atoms with E-state index in [-0.39, 0.29) is 11.4 Å². The average molecular weight is 403 g/mol. The maximum Gasteiger partial charge on any atom is 0.272 e. The molecule has 2 aromatic heterocycles. The van der Waals surface area contributed by atoms with Crippen molar-refractivity contribution in [3.8, 4) is 11.5 Å². The summed E-state index contributed by atoms with van der Waals surface area (Å²) >= 11 is 1.33. The van der Waals surface area contributed by atoms with Gasteiger partial charge in [-0.25, -0.2) is 4.39 Å². The van der Waals surface area contributed by atoms with Crippen molar-refractivity contribution >= 4 is 33.1 Å². The van der Waals surface area contributed by atoms with E-state index in [0.29, 0.717) is 21.8 Å². The van der Waals surface area contributed by atoms with Gasteiger partial charge in [0.05, 0.1) is 26.1 Å². The van der Waals surface area contributed by atoms with Crippen molar-refractivity contribution in [2.24, 2.45) is 10.8 Å². The fourth-order valence-electron chi connectivity index (χ4n) is 2.49. The molecular weight excluding hydrogens is 385 g/mol. The quantitative estimate of drug-likeness (QED) is 0.275. The van der Waals surface area contributed by atoms with Crippen molar-refractivity contribution < 1.29 is 14.1 Å². The molecule has 146 valence electrons. The summed E-state index contributed by atoms with van der Waals surface area (Å²) in [5, 5.41) is 17.0. The van der Waals surface area contributed by atoms with Gasteiger partial charge in [0, 0.05) is 31.4 Å². The number of nitrogens with zero attached hydrogens (tertiary/aromatic N) is 4. The topological polar surface area (TPSA) is 107 Å². The first-order valence-electron chi connectivity index (χ1n) is 8.52. The number of pyridine rings is 1. The van der Waals surface area contributed by atoms with Gasteiger partial charge < -0.3 is 10.5 Å². The average Bonchev–Trinajstić information content (AvgIpc) is 3.12. The Morgan fingerprint density at radius 2 is 2.07 bits per heavy atom. The largest absolute Gasteiger partial charge is 0.453 e. The van der Waals surface area contributed by atoms with Crippen molar-refractivity contribution in [3.63, 3.8) is 0 Å². The smallest absolute Gasteiger partial charge is 0.272 e. The van der Waals surface area contributed by atoms with E-state index in [2.05, 4.69) is 10.1 Å². The minimum absolute atomic E-state index is 0.113. The number of benzene rings is 1. The minimum Gasteiger partial charge on any atom is -0.453 e. The zero-order chi connectivity index (χ0) is 20.3. The summed E-state index contributed by atoms with van der Waals surface area (Å²) in [7, 11) is 0. The van der Waals surface area contributed by atoms with Crippen molar-refractivity contribution in [2.45, 2.75) is 13.8 Å². The molecule has 0 atom stereocenters. The number of aromatic nitrogens is 1. The highest BCUT2D eigenvalue weighted by Crippen LogP contribution is 2.36. The number of nitro benzene ring substituents is 1. The third-order valence-electron chi connectivity index (χ3n) is 3.95. The maximum atomic E-state index is 14.2. The van der Waals surface area contributed by atoms with Gasteiger partial charge >= 0.3 is 0 Å². The molecule has 3 aromatic rings. The fourth-order valence-corrected chi connectivity index (χ4v) is 3.45. The molecule has 0 aliphatic rings.